The molecule has 0 amide bonds. The molecule has 2 heterocycles. The van der Waals surface area contributed by atoms with Gasteiger partial charge in [-0.05, 0) is 11.6 Å². The molecule has 124 valence electrons. The number of pyridine rings is 2. The molecule has 2 aromatic heterocycles. The minimum absolute atomic E-state index is 0. The van der Waals surface area contributed by atoms with Crippen LogP contribution in [0.3, 0.4) is 0 Å². The molecule has 2 aromatic rings. The smallest absolute Gasteiger partial charge is 0.183 e. The van der Waals surface area contributed by atoms with Gasteiger partial charge in [-0.2, -0.15) is 0 Å². The van der Waals surface area contributed by atoms with E-state index in [0.29, 0.717) is 18.0 Å². The van der Waals surface area contributed by atoms with Crippen molar-refractivity contribution in [3.8, 4) is 11.5 Å². The van der Waals surface area contributed by atoms with Crippen LogP contribution in [-0.2, 0) is 13.1 Å². The van der Waals surface area contributed by atoms with Gasteiger partial charge in [0.15, 0.2) is 11.5 Å². The van der Waals surface area contributed by atoms with Crippen LogP contribution in [0.15, 0.2) is 36.8 Å². The number of halogens is 3. The topological polar surface area (TPSA) is 56.3 Å². The summed E-state index contributed by atoms with van der Waals surface area (Å²) in [7, 11) is 3.23. The zero-order valence-corrected chi connectivity index (χ0v) is 14.8. The minimum Gasteiger partial charge on any atom is -0.493 e. The molecule has 0 aromatic carbocycles. The summed E-state index contributed by atoms with van der Waals surface area (Å²) in [4.78, 5) is 8.38. The second-order valence-electron chi connectivity index (χ2n) is 3.96. The average molecular weight is 369 g/mol. The molecular weight excluding hydrogens is 349 g/mol. The number of hydrogen-bond acceptors (Lipinski definition) is 5. The van der Waals surface area contributed by atoms with Crippen LogP contribution in [0.5, 0.6) is 11.5 Å². The van der Waals surface area contributed by atoms with E-state index in [1.54, 1.807) is 32.7 Å². The van der Waals surface area contributed by atoms with Gasteiger partial charge >= 0.3 is 0 Å². The van der Waals surface area contributed by atoms with Crippen molar-refractivity contribution in [1.29, 1.82) is 0 Å². The lowest BCUT2D eigenvalue weighted by Gasteiger charge is -2.12. The lowest BCUT2D eigenvalue weighted by Crippen LogP contribution is -2.14. The fourth-order valence-electron chi connectivity index (χ4n) is 1.80. The lowest BCUT2D eigenvalue weighted by molar-refractivity contribution is 0.348. The largest absolute Gasteiger partial charge is 0.493 e. The normalized spacial score (nSPS) is 8.82. The number of nitrogens with zero attached hydrogens (tertiary/aromatic N) is 2. The van der Waals surface area contributed by atoms with Gasteiger partial charge in [0.05, 0.1) is 19.9 Å². The van der Waals surface area contributed by atoms with Gasteiger partial charge in [0.25, 0.3) is 0 Å². The molecule has 0 fully saturated rings. The van der Waals surface area contributed by atoms with E-state index in [4.69, 9.17) is 9.47 Å². The van der Waals surface area contributed by atoms with Gasteiger partial charge in [-0.15, -0.1) is 37.2 Å². The molecule has 0 aliphatic rings. The number of aromatic nitrogens is 2. The Balaban J connectivity index is 0. The molecule has 8 heteroatoms. The average Bonchev–Trinajstić information content (AvgIpc) is 2.48. The monoisotopic (exact) mass is 367 g/mol. The van der Waals surface area contributed by atoms with E-state index in [9.17, 15) is 0 Å². The van der Waals surface area contributed by atoms with Crippen molar-refractivity contribution in [2.24, 2.45) is 0 Å². The van der Waals surface area contributed by atoms with Crippen molar-refractivity contribution in [3.63, 3.8) is 0 Å². The molecule has 1 N–H and O–H groups in total. The summed E-state index contributed by atoms with van der Waals surface area (Å²) >= 11 is 0. The molecule has 0 spiro atoms. The molecule has 0 radical (unpaired) electrons. The standard InChI is InChI=1S/C14H17N3O2.3ClH/c1-18-13-5-7-17-12(14(13)19-2)10-16-9-11-4-3-6-15-8-11;;;/h3-8,16H,9-10H2,1-2H3;3*1H. The molecule has 0 aliphatic heterocycles. The van der Waals surface area contributed by atoms with Gasteiger partial charge in [0, 0.05) is 37.7 Å². The van der Waals surface area contributed by atoms with Crippen molar-refractivity contribution >= 4 is 37.2 Å². The van der Waals surface area contributed by atoms with Crippen molar-refractivity contribution in [2.45, 2.75) is 13.1 Å². The summed E-state index contributed by atoms with van der Waals surface area (Å²) in [5.41, 5.74) is 1.95. The van der Waals surface area contributed by atoms with Gasteiger partial charge in [-0.3, -0.25) is 9.97 Å². The first kappa shape index (κ1) is 23.0. The van der Waals surface area contributed by atoms with Crippen molar-refractivity contribution in [2.75, 3.05) is 14.2 Å². The summed E-state index contributed by atoms with van der Waals surface area (Å²) < 4.78 is 10.6. The molecular formula is C14H20Cl3N3O2. The highest BCUT2D eigenvalue weighted by molar-refractivity contribution is 5.86. The maximum absolute atomic E-state index is 5.33. The van der Waals surface area contributed by atoms with E-state index in [1.165, 1.54) is 0 Å². The first-order valence-electron chi connectivity index (χ1n) is 6.00. The van der Waals surface area contributed by atoms with E-state index in [0.717, 1.165) is 17.8 Å². The van der Waals surface area contributed by atoms with Crippen molar-refractivity contribution < 1.29 is 9.47 Å². The van der Waals surface area contributed by atoms with Gasteiger partial charge in [0.2, 0.25) is 0 Å². The van der Waals surface area contributed by atoms with Gasteiger partial charge in [0.1, 0.15) is 0 Å². The van der Waals surface area contributed by atoms with Crippen molar-refractivity contribution in [3.05, 3.63) is 48.0 Å². The maximum Gasteiger partial charge on any atom is 0.183 e. The van der Waals surface area contributed by atoms with Crippen LogP contribution in [0.1, 0.15) is 11.3 Å². The zero-order valence-electron chi connectivity index (χ0n) is 12.3. The number of ether oxygens (including phenoxy) is 2. The van der Waals surface area contributed by atoms with Gasteiger partial charge in [-0.25, -0.2) is 0 Å². The first-order valence-corrected chi connectivity index (χ1v) is 6.00. The van der Waals surface area contributed by atoms with Crippen LogP contribution >= 0.6 is 37.2 Å². The molecule has 2 rings (SSSR count). The fourth-order valence-corrected chi connectivity index (χ4v) is 1.80. The van der Waals surface area contributed by atoms with Crippen LogP contribution in [0, 0.1) is 0 Å². The second-order valence-corrected chi connectivity index (χ2v) is 3.96. The Bertz CT molecular complexity index is 530. The highest BCUT2D eigenvalue weighted by Gasteiger charge is 2.10. The SMILES string of the molecule is COc1ccnc(CNCc2cccnc2)c1OC.Cl.Cl.Cl. The minimum atomic E-state index is 0. The van der Waals surface area contributed by atoms with E-state index >= 15 is 0 Å². The first-order chi connectivity index (χ1) is 9.35. The Morgan fingerprint density at radius 1 is 1.00 bits per heavy atom. The fraction of sp³-hybridized carbons (Fsp3) is 0.286. The number of methoxy groups -OCH3 is 2. The third-order valence-electron chi connectivity index (χ3n) is 2.71. The van der Waals surface area contributed by atoms with Gasteiger partial charge in [-0.1, -0.05) is 6.07 Å². The third-order valence-corrected chi connectivity index (χ3v) is 2.71. The van der Waals surface area contributed by atoms with Gasteiger partial charge < -0.3 is 14.8 Å². The summed E-state index contributed by atoms with van der Waals surface area (Å²) in [6.45, 7) is 1.34. The maximum atomic E-state index is 5.33. The summed E-state index contributed by atoms with van der Waals surface area (Å²) in [5.74, 6) is 1.36. The Kier molecular flexibility index (Phi) is 12.9. The summed E-state index contributed by atoms with van der Waals surface area (Å²) in [6, 6.07) is 5.72. The van der Waals surface area contributed by atoms with Crippen LogP contribution in [-0.4, -0.2) is 24.2 Å². The Labute approximate surface area is 149 Å². The van der Waals surface area contributed by atoms with E-state index in [-0.39, 0.29) is 37.2 Å². The molecule has 0 aliphatic carbocycles. The van der Waals surface area contributed by atoms with Crippen molar-refractivity contribution in [1.82, 2.24) is 15.3 Å². The molecule has 22 heavy (non-hydrogen) atoms. The predicted molar refractivity (Wildman–Crippen MR) is 93.9 cm³/mol. The quantitative estimate of drug-likeness (QED) is 0.849. The second kappa shape index (κ2) is 12.3. The van der Waals surface area contributed by atoms with Crippen LogP contribution in [0.2, 0.25) is 0 Å². The molecule has 0 atom stereocenters. The number of hydrogen-bond donors (Lipinski definition) is 1. The summed E-state index contributed by atoms with van der Waals surface area (Å²) in [6.07, 6.45) is 5.31. The molecule has 0 saturated carbocycles. The van der Waals surface area contributed by atoms with E-state index < -0.39 is 0 Å². The van der Waals surface area contributed by atoms with E-state index in [2.05, 4.69) is 15.3 Å². The molecule has 5 nitrogen and oxygen atoms in total. The Morgan fingerprint density at radius 3 is 2.36 bits per heavy atom. The van der Waals surface area contributed by atoms with Crippen LogP contribution in [0.25, 0.3) is 0 Å². The third kappa shape index (κ3) is 6.23. The highest BCUT2D eigenvalue weighted by atomic mass is 35.5. The Hall–Kier alpha value is -1.27. The number of nitrogens with one attached hydrogen (secondary N) is 1. The zero-order chi connectivity index (χ0) is 13.5. The summed E-state index contributed by atoms with van der Waals surface area (Å²) in [5, 5.41) is 3.31. The Morgan fingerprint density at radius 2 is 1.77 bits per heavy atom. The van der Waals surface area contributed by atoms with Crippen LogP contribution < -0.4 is 14.8 Å². The van der Waals surface area contributed by atoms with Crippen LogP contribution in [0.4, 0.5) is 0 Å². The molecule has 0 unspecified atom stereocenters. The molecule has 0 bridgehead atoms. The van der Waals surface area contributed by atoms with E-state index in [1.807, 2.05) is 18.3 Å². The molecule has 0 saturated heterocycles. The highest BCUT2D eigenvalue weighted by Crippen LogP contribution is 2.28. The lowest BCUT2D eigenvalue weighted by atomic mass is 10.2. The number of rotatable bonds is 6. The predicted octanol–water partition coefficient (Wildman–Crippen LogP) is 3.05.